The molecule has 3 aliphatic rings. The lowest BCUT2D eigenvalue weighted by atomic mass is 10.0. The van der Waals surface area contributed by atoms with E-state index in [0.717, 1.165) is 70.6 Å². The Morgan fingerprint density at radius 1 is 0.966 bits per heavy atom. The number of para-hydroxylation sites is 1. The van der Waals surface area contributed by atoms with Crippen LogP contribution < -0.4 is 10.2 Å². The van der Waals surface area contributed by atoms with Gasteiger partial charge in [-0.3, -0.25) is 14.5 Å². The van der Waals surface area contributed by atoms with E-state index < -0.39 is 0 Å². The molecule has 29 heavy (non-hydrogen) atoms. The highest BCUT2D eigenvalue weighted by atomic mass is 35.5. The predicted molar refractivity (Wildman–Crippen MR) is 120 cm³/mol. The maximum atomic E-state index is 12.9. The molecule has 1 aromatic carbocycles. The molecule has 162 valence electrons. The normalized spacial score (nSPS) is 22.1. The summed E-state index contributed by atoms with van der Waals surface area (Å²) in [6, 6.07) is 8.23. The Morgan fingerprint density at radius 3 is 2.45 bits per heavy atom. The Hall–Kier alpha value is -1.34. The molecule has 1 N–H and O–H groups in total. The van der Waals surface area contributed by atoms with Crippen LogP contribution in [0.4, 0.5) is 5.69 Å². The molecule has 0 aliphatic carbocycles. The van der Waals surface area contributed by atoms with E-state index in [1.165, 1.54) is 12.0 Å². The van der Waals surface area contributed by atoms with Crippen LogP contribution in [0.2, 0.25) is 0 Å². The maximum absolute atomic E-state index is 12.9. The van der Waals surface area contributed by atoms with Crippen LogP contribution in [0.25, 0.3) is 0 Å². The van der Waals surface area contributed by atoms with E-state index in [0.29, 0.717) is 6.54 Å². The summed E-state index contributed by atoms with van der Waals surface area (Å²) >= 11 is 0. The Bertz CT molecular complexity index is 689. The van der Waals surface area contributed by atoms with Gasteiger partial charge in [-0.25, -0.2) is 0 Å². The Kier molecular flexibility index (Phi) is 9.21. The van der Waals surface area contributed by atoms with Gasteiger partial charge in [-0.1, -0.05) is 24.6 Å². The molecular formula is C21H32Cl2N4O2. The number of nitrogens with zero attached hydrogens (tertiary/aromatic N) is 3. The van der Waals surface area contributed by atoms with Crippen molar-refractivity contribution < 1.29 is 9.59 Å². The second-order valence-corrected chi connectivity index (χ2v) is 7.88. The third kappa shape index (κ3) is 5.63. The minimum absolute atomic E-state index is 0. The van der Waals surface area contributed by atoms with Crippen molar-refractivity contribution in [3.8, 4) is 0 Å². The lowest BCUT2D eigenvalue weighted by Gasteiger charge is -2.38. The number of benzene rings is 1. The van der Waals surface area contributed by atoms with E-state index in [-0.39, 0.29) is 42.7 Å². The number of anilines is 1. The summed E-state index contributed by atoms with van der Waals surface area (Å²) in [6.45, 7) is 5.20. The highest BCUT2D eigenvalue weighted by Crippen LogP contribution is 2.26. The molecule has 1 atom stereocenters. The quantitative estimate of drug-likeness (QED) is 0.778. The fourth-order valence-corrected chi connectivity index (χ4v) is 4.48. The summed E-state index contributed by atoms with van der Waals surface area (Å²) in [5, 5.41) is 3.35. The summed E-state index contributed by atoms with van der Waals surface area (Å²) in [5.41, 5.74) is 2.35. The topological polar surface area (TPSA) is 55.9 Å². The van der Waals surface area contributed by atoms with Crippen molar-refractivity contribution in [3.63, 3.8) is 0 Å². The van der Waals surface area contributed by atoms with Gasteiger partial charge in [0.25, 0.3) is 0 Å². The Morgan fingerprint density at radius 2 is 1.72 bits per heavy atom. The third-order valence-electron chi connectivity index (χ3n) is 6.06. The largest absolute Gasteiger partial charge is 0.339 e. The third-order valence-corrected chi connectivity index (χ3v) is 6.06. The van der Waals surface area contributed by atoms with Crippen molar-refractivity contribution >= 4 is 42.3 Å². The standard InChI is InChI=1S/C21H30N4O2.2ClH/c26-20(25-11-5-7-17-6-1-2-9-19(17)25)16-23-12-14-24(15-13-23)21(27)18-8-3-4-10-22-18;;/h1-2,6,9,18,22H,3-5,7-8,10-16H2;2*1H/t18-;;/m1../s1. The van der Waals surface area contributed by atoms with E-state index in [4.69, 9.17) is 0 Å². The number of nitrogens with one attached hydrogen (secondary N) is 1. The zero-order valence-electron chi connectivity index (χ0n) is 16.8. The minimum Gasteiger partial charge on any atom is -0.339 e. The molecule has 2 fully saturated rings. The first-order valence-electron chi connectivity index (χ1n) is 10.4. The molecule has 0 aromatic heterocycles. The summed E-state index contributed by atoms with van der Waals surface area (Å²) in [4.78, 5) is 31.6. The van der Waals surface area contributed by atoms with Crippen molar-refractivity contribution in [2.24, 2.45) is 0 Å². The van der Waals surface area contributed by atoms with Gasteiger partial charge in [-0.15, -0.1) is 24.8 Å². The second kappa shape index (κ2) is 11.2. The van der Waals surface area contributed by atoms with E-state index in [1.54, 1.807) is 0 Å². The van der Waals surface area contributed by atoms with Gasteiger partial charge >= 0.3 is 0 Å². The van der Waals surface area contributed by atoms with Gasteiger partial charge < -0.3 is 15.1 Å². The molecule has 4 rings (SSSR count). The molecular weight excluding hydrogens is 411 g/mol. The van der Waals surface area contributed by atoms with Crippen molar-refractivity contribution in [2.45, 2.75) is 38.1 Å². The van der Waals surface area contributed by atoms with Crippen molar-refractivity contribution in [1.82, 2.24) is 15.1 Å². The van der Waals surface area contributed by atoms with E-state index in [2.05, 4.69) is 22.3 Å². The summed E-state index contributed by atoms with van der Waals surface area (Å²) < 4.78 is 0. The van der Waals surface area contributed by atoms with Crippen molar-refractivity contribution in [3.05, 3.63) is 29.8 Å². The van der Waals surface area contributed by atoms with Gasteiger partial charge in [0.1, 0.15) is 0 Å². The van der Waals surface area contributed by atoms with Crippen molar-refractivity contribution in [2.75, 3.05) is 50.7 Å². The number of amides is 2. The first-order valence-corrected chi connectivity index (χ1v) is 10.4. The smallest absolute Gasteiger partial charge is 0.241 e. The van der Waals surface area contributed by atoms with Gasteiger partial charge in [0.15, 0.2) is 0 Å². The number of halogens is 2. The average molecular weight is 443 g/mol. The van der Waals surface area contributed by atoms with Gasteiger partial charge in [0.2, 0.25) is 11.8 Å². The zero-order valence-corrected chi connectivity index (χ0v) is 18.5. The first kappa shape index (κ1) is 23.9. The molecule has 0 spiro atoms. The van der Waals surface area contributed by atoms with Crippen LogP contribution in [-0.2, 0) is 16.0 Å². The SMILES string of the molecule is Cl.Cl.O=C([C@H]1CCCCN1)N1CCN(CC(=O)N2CCCc3ccccc32)CC1. The number of aryl methyl sites for hydroxylation is 1. The molecule has 2 amide bonds. The number of rotatable bonds is 3. The predicted octanol–water partition coefficient (Wildman–Crippen LogP) is 2.10. The van der Waals surface area contributed by atoms with Crippen molar-refractivity contribution in [1.29, 1.82) is 0 Å². The lowest BCUT2D eigenvalue weighted by molar-refractivity contribution is -0.136. The second-order valence-electron chi connectivity index (χ2n) is 7.88. The summed E-state index contributed by atoms with van der Waals surface area (Å²) in [6.07, 6.45) is 5.33. The number of fused-ring (bicyclic) bond motifs is 1. The fourth-order valence-electron chi connectivity index (χ4n) is 4.48. The number of piperidine rings is 1. The number of piperazine rings is 1. The molecule has 3 heterocycles. The van der Waals surface area contributed by atoms with Crippen LogP contribution in [0.5, 0.6) is 0 Å². The zero-order chi connectivity index (χ0) is 18.6. The summed E-state index contributed by atoms with van der Waals surface area (Å²) in [5.74, 6) is 0.418. The molecule has 0 radical (unpaired) electrons. The molecule has 8 heteroatoms. The van der Waals surface area contributed by atoms with E-state index >= 15 is 0 Å². The van der Waals surface area contributed by atoms with Crippen LogP contribution in [0.3, 0.4) is 0 Å². The maximum Gasteiger partial charge on any atom is 0.241 e. The monoisotopic (exact) mass is 442 g/mol. The van der Waals surface area contributed by atoms with E-state index in [1.807, 2.05) is 21.9 Å². The van der Waals surface area contributed by atoms with Gasteiger partial charge in [0.05, 0.1) is 12.6 Å². The molecule has 0 saturated carbocycles. The lowest BCUT2D eigenvalue weighted by Crippen LogP contribution is -2.56. The average Bonchev–Trinajstić information content (AvgIpc) is 2.74. The highest BCUT2D eigenvalue weighted by molar-refractivity contribution is 5.96. The fraction of sp³-hybridized carbons (Fsp3) is 0.619. The molecule has 0 bridgehead atoms. The van der Waals surface area contributed by atoms with Gasteiger partial charge in [-0.05, 0) is 43.9 Å². The van der Waals surface area contributed by atoms with Gasteiger partial charge in [0, 0.05) is 38.4 Å². The molecule has 3 aliphatic heterocycles. The molecule has 0 unspecified atom stereocenters. The number of carbonyl (C=O) groups excluding carboxylic acids is 2. The molecule has 6 nitrogen and oxygen atoms in total. The van der Waals surface area contributed by atoms with E-state index in [9.17, 15) is 9.59 Å². The minimum atomic E-state index is -0.00298. The van der Waals surface area contributed by atoms with Crippen LogP contribution in [0.1, 0.15) is 31.2 Å². The Balaban J connectivity index is 0.00000150. The molecule has 1 aromatic rings. The van der Waals surface area contributed by atoms with Crippen LogP contribution >= 0.6 is 24.8 Å². The van der Waals surface area contributed by atoms with Crippen LogP contribution in [0, 0.1) is 0 Å². The highest BCUT2D eigenvalue weighted by Gasteiger charge is 2.30. The number of hydrogen-bond donors (Lipinski definition) is 1. The Labute approximate surface area is 185 Å². The first-order chi connectivity index (χ1) is 13.2. The van der Waals surface area contributed by atoms with Gasteiger partial charge in [-0.2, -0.15) is 0 Å². The van der Waals surface area contributed by atoms with Crippen LogP contribution in [0.15, 0.2) is 24.3 Å². The number of carbonyl (C=O) groups is 2. The van der Waals surface area contributed by atoms with Crippen LogP contribution in [-0.4, -0.2) is 73.5 Å². The molecule has 2 saturated heterocycles. The summed E-state index contributed by atoms with van der Waals surface area (Å²) in [7, 11) is 0. The number of hydrogen-bond acceptors (Lipinski definition) is 4.